The van der Waals surface area contributed by atoms with Gasteiger partial charge < -0.3 is 4.79 Å². The smallest absolute Gasteiger partial charge is 0.131 e. The molecule has 1 atom stereocenters. The Morgan fingerprint density at radius 2 is 1.59 bits per heavy atom. The van der Waals surface area contributed by atoms with E-state index in [-0.39, 0.29) is 5.82 Å². The number of halogens is 2. The lowest BCUT2D eigenvalue weighted by atomic mass is 9.93. The third kappa shape index (κ3) is 2.56. The van der Waals surface area contributed by atoms with E-state index in [0.717, 1.165) is 6.29 Å². The van der Waals surface area contributed by atoms with Gasteiger partial charge in [-0.15, -0.1) is 0 Å². The first-order valence-electron chi connectivity index (χ1n) is 5.17. The quantitative estimate of drug-likeness (QED) is 0.742. The molecule has 2 aromatic rings. The Kier molecular flexibility index (Phi) is 3.28. The van der Waals surface area contributed by atoms with Crippen LogP contribution >= 0.6 is 0 Å². The number of hydrogen-bond acceptors (Lipinski definition) is 1. The maximum absolute atomic E-state index is 13.1. The fourth-order valence-corrected chi connectivity index (χ4v) is 1.72. The van der Waals surface area contributed by atoms with E-state index in [0.29, 0.717) is 11.1 Å². The Morgan fingerprint density at radius 3 is 2.18 bits per heavy atom. The summed E-state index contributed by atoms with van der Waals surface area (Å²) in [5, 5.41) is 0. The average molecular weight is 232 g/mol. The Balaban J connectivity index is 2.40. The standard InChI is InChI=1S/C14H10F2O/c15-12-6-4-10(5-7-12)14(9-17)11-2-1-3-13(16)8-11/h1-9,14H. The molecule has 1 unspecified atom stereocenters. The molecule has 0 saturated carbocycles. The van der Waals surface area contributed by atoms with Crippen molar-refractivity contribution in [1.29, 1.82) is 0 Å². The third-order valence-electron chi connectivity index (χ3n) is 2.57. The molecule has 0 heterocycles. The monoisotopic (exact) mass is 232 g/mol. The van der Waals surface area contributed by atoms with E-state index in [1.165, 1.54) is 36.4 Å². The van der Waals surface area contributed by atoms with Gasteiger partial charge in [0.2, 0.25) is 0 Å². The summed E-state index contributed by atoms with van der Waals surface area (Å²) in [7, 11) is 0. The predicted molar refractivity (Wildman–Crippen MR) is 60.7 cm³/mol. The van der Waals surface area contributed by atoms with Gasteiger partial charge in [-0.2, -0.15) is 0 Å². The van der Waals surface area contributed by atoms with Crippen LogP contribution in [0.4, 0.5) is 8.78 Å². The van der Waals surface area contributed by atoms with E-state index in [9.17, 15) is 13.6 Å². The molecule has 2 aromatic carbocycles. The molecule has 1 nitrogen and oxygen atoms in total. The summed E-state index contributed by atoms with van der Waals surface area (Å²) in [6.07, 6.45) is 0.724. The molecule has 0 spiro atoms. The summed E-state index contributed by atoms with van der Waals surface area (Å²) in [5.41, 5.74) is 1.21. The van der Waals surface area contributed by atoms with Crippen LogP contribution in [0.25, 0.3) is 0 Å². The molecular formula is C14H10F2O. The van der Waals surface area contributed by atoms with E-state index in [1.54, 1.807) is 12.1 Å². The number of aldehydes is 1. The van der Waals surface area contributed by atoms with Gasteiger partial charge in [0.25, 0.3) is 0 Å². The molecule has 0 fully saturated rings. The Bertz CT molecular complexity index is 520. The average Bonchev–Trinajstić information content (AvgIpc) is 2.33. The lowest BCUT2D eigenvalue weighted by molar-refractivity contribution is -0.108. The number of carbonyl (C=O) groups excluding carboxylic acids is 1. The zero-order valence-corrected chi connectivity index (χ0v) is 8.94. The minimum atomic E-state index is -0.564. The first kappa shape index (κ1) is 11.5. The second-order valence-electron chi connectivity index (χ2n) is 3.72. The SMILES string of the molecule is O=CC(c1ccc(F)cc1)c1cccc(F)c1. The maximum Gasteiger partial charge on any atom is 0.131 e. The molecule has 0 amide bonds. The molecule has 0 saturated heterocycles. The molecule has 0 N–H and O–H groups in total. The first-order valence-corrected chi connectivity index (χ1v) is 5.17. The minimum Gasteiger partial charge on any atom is -0.302 e. The van der Waals surface area contributed by atoms with Gasteiger partial charge in [0.05, 0.1) is 5.92 Å². The van der Waals surface area contributed by atoms with Crippen molar-refractivity contribution in [3.63, 3.8) is 0 Å². The summed E-state index contributed by atoms with van der Waals surface area (Å²) in [6, 6.07) is 11.5. The van der Waals surface area contributed by atoms with E-state index < -0.39 is 11.7 Å². The number of benzene rings is 2. The van der Waals surface area contributed by atoms with Crippen molar-refractivity contribution in [2.24, 2.45) is 0 Å². The molecule has 17 heavy (non-hydrogen) atoms. The van der Waals surface area contributed by atoms with Crippen molar-refractivity contribution in [1.82, 2.24) is 0 Å². The van der Waals surface area contributed by atoms with E-state index in [1.807, 2.05) is 0 Å². The van der Waals surface area contributed by atoms with Crippen LogP contribution in [0.2, 0.25) is 0 Å². The number of hydrogen-bond donors (Lipinski definition) is 0. The zero-order chi connectivity index (χ0) is 12.3. The van der Waals surface area contributed by atoms with E-state index in [4.69, 9.17) is 0 Å². The van der Waals surface area contributed by atoms with Gasteiger partial charge in [-0.05, 0) is 35.4 Å². The number of carbonyl (C=O) groups is 1. The van der Waals surface area contributed by atoms with Crippen molar-refractivity contribution in [3.8, 4) is 0 Å². The van der Waals surface area contributed by atoms with E-state index >= 15 is 0 Å². The van der Waals surface area contributed by atoms with Gasteiger partial charge in [0, 0.05) is 0 Å². The van der Waals surface area contributed by atoms with Crippen LogP contribution in [0.1, 0.15) is 17.0 Å². The minimum absolute atomic E-state index is 0.363. The van der Waals surface area contributed by atoms with Gasteiger partial charge in [-0.1, -0.05) is 24.3 Å². The Labute approximate surface area is 97.7 Å². The largest absolute Gasteiger partial charge is 0.302 e. The third-order valence-corrected chi connectivity index (χ3v) is 2.57. The fraction of sp³-hybridized carbons (Fsp3) is 0.0714. The van der Waals surface area contributed by atoms with Crippen molar-refractivity contribution in [2.75, 3.05) is 0 Å². The molecular weight excluding hydrogens is 222 g/mol. The van der Waals surface area contributed by atoms with Gasteiger partial charge >= 0.3 is 0 Å². The molecule has 0 aromatic heterocycles. The summed E-state index contributed by atoms with van der Waals surface area (Å²) in [5.74, 6) is -1.32. The molecule has 0 aliphatic rings. The summed E-state index contributed by atoms with van der Waals surface area (Å²) < 4.78 is 25.8. The summed E-state index contributed by atoms with van der Waals surface area (Å²) >= 11 is 0. The molecule has 0 aliphatic heterocycles. The molecule has 86 valence electrons. The Hall–Kier alpha value is -2.03. The van der Waals surface area contributed by atoms with Crippen LogP contribution in [0.3, 0.4) is 0 Å². The highest BCUT2D eigenvalue weighted by atomic mass is 19.1. The van der Waals surface area contributed by atoms with Crippen LogP contribution in [-0.4, -0.2) is 6.29 Å². The van der Waals surface area contributed by atoms with Gasteiger partial charge in [0.15, 0.2) is 0 Å². The van der Waals surface area contributed by atoms with Crippen molar-refractivity contribution in [2.45, 2.75) is 5.92 Å². The second-order valence-corrected chi connectivity index (χ2v) is 3.72. The second kappa shape index (κ2) is 4.87. The predicted octanol–water partition coefficient (Wildman–Crippen LogP) is 3.30. The zero-order valence-electron chi connectivity index (χ0n) is 8.94. The molecule has 2 rings (SSSR count). The lowest BCUT2D eigenvalue weighted by Crippen LogP contribution is -2.02. The van der Waals surface area contributed by atoms with Crippen LogP contribution in [-0.2, 0) is 4.79 Å². The number of rotatable bonds is 3. The lowest BCUT2D eigenvalue weighted by Gasteiger charge is -2.11. The van der Waals surface area contributed by atoms with Crippen LogP contribution in [0.5, 0.6) is 0 Å². The van der Waals surface area contributed by atoms with Crippen LogP contribution in [0.15, 0.2) is 48.5 Å². The molecule has 0 bridgehead atoms. The van der Waals surface area contributed by atoms with Gasteiger partial charge in [-0.25, -0.2) is 8.78 Å². The highest BCUT2D eigenvalue weighted by molar-refractivity contribution is 5.68. The van der Waals surface area contributed by atoms with Crippen LogP contribution in [0, 0.1) is 11.6 Å². The molecule has 0 aliphatic carbocycles. The summed E-state index contributed by atoms with van der Waals surface area (Å²) in [6.45, 7) is 0. The van der Waals surface area contributed by atoms with Crippen molar-refractivity contribution in [3.05, 3.63) is 71.3 Å². The van der Waals surface area contributed by atoms with Crippen molar-refractivity contribution >= 4 is 6.29 Å². The highest BCUT2D eigenvalue weighted by Gasteiger charge is 2.13. The molecule has 0 radical (unpaired) electrons. The first-order chi connectivity index (χ1) is 8.20. The van der Waals surface area contributed by atoms with Gasteiger partial charge in [0.1, 0.15) is 17.9 Å². The van der Waals surface area contributed by atoms with Crippen LogP contribution < -0.4 is 0 Å². The highest BCUT2D eigenvalue weighted by Crippen LogP contribution is 2.23. The van der Waals surface area contributed by atoms with Gasteiger partial charge in [-0.3, -0.25) is 0 Å². The summed E-state index contributed by atoms with van der Waals surface area (Å²) in [4.78, 5) is 11.1. The molecule has 3 heteroatoms. The normalized spacial score (nSPS) is 12.1. The Morgan fingerprint density at radius 1 is 0.882 bits per heavy atom. The van der Waals surface area contributed by atoms with E-state index in [2.05, 4.69) is 0 Å². The fourth-order valence-electron chi connectivity index (χ4n) is 1.72. The topological polar surface area (TPSA) is 17.1 Å². The maximum atomic E-state index is 13.1. The van der Waals surface area contributed by atoms with Crippen molar-refractivity contribution < 1.29 is 13.6 Å².